The van der Waals surface area contributed by atoms with Gasteiger partial charge in [0.05, 0.1) is 11.4 Å². The Morgan fingerprint density at radius 3 is 2.33 bits per heavy atom. The van der Waals surface area contributed by atoms with Crippen LogP contribution in [-0.4, -0.2) is 30.5 Å². The Morgan fingerprint density at radius 2 is 1.74 bits per heavy atom. The lowest BCUT2D eigenvalue weighted by atomic mass is 10.1. The number of primary sulfonamides is 1. The quantitative estimate of drug-likeness (QED) is 0.699. The average Bonchev–Trinajstić information content (AvgIpc) is 3.09. The van der Waals surface area contributed by atoms with Crippen LogP contribution in [0, 0.1) is 6.92 Å². The predicted octanol–water partition coefficient (Wildman–Crippen LogP) is 2.89. The molecule has 0 saturated heterocycles. The second-order valence-electron chi connectivity index (χ2n) is 6.58. The lowest BCUT2D eigenvalue weighted by molar-refractivity contribution is 0.216. The minimum Gasteiger partial charge on any atom is -0.338 e. The van der Waals surface area contributed by atoms with Crippen LogP contribution in [-0.2, 0) is 16.6 Å². The van der Waals surface area contributed by atoms with Crippen molar-refractivity contribution in [3.05, 3.63) is 65.5 Å². The van der Waals surface area contributed by atoms with Gasteiger partial charge in [0, 0.05) is 11.6 Å². The number of aryl methyl sites for hydroxylation is 1. The molecule has 0 bridgehead atoms. The maximum Gasteiger partial charge on any atom is 0.241 e. The fraction of sp³-hybridized carbons (Fsp3) is 0.263. The van der Waals surface area contributed by atoms with E-state index < -0.39 is 10.0 Å². The van der Waals surface area contributed by atoms with E-state index in [0.717, 1.165) is 11.1 Å². The van der Waals surface area contributed by atoms with Crippen molar-refractivity contribution in [2.45, 2.75) is 31.3 Å². The van der Waals surface area contributed by atoms with E-state index in [9.17, 15) is 8.42 Å². The molecule has 1 unspecified atom stereocenters. The Balaban J connectivity index is 1.69. The minimum absolute atomic E-state index is 0.0225. The highest BCUT2D eigenvalue weighted by Gasteiger charge is 2.17. The summed E-state index contributed by atoms with van der Waals surface area (Å²) in [5.74, 6) is 1.07. The van der Waals surface area contributed by atoms with E-state index in [4.69, 9.17) is 9.66 Å². The first-order valence-corrected chi connectivity index (χ1v) is 10.0. The molecule has 1 heterocycles. The first-order valence-electron chi connectivity index (χ1n) is 8.46. The molecule has 1 aromatic heterocycles. The molecule has 0 saturated carbocycles. The molecule has 0 fully saturated rings. The topological polar surface area (TPSA) is 102 Å². The van der Waals surface area contributed by atoms with Crippen LogP contribution in [0.1, 0.15) is 30.0 Å². The largest absolute Gasteiger partial charge is 0.338 e. The van der Waals surface area contributed by atoms with Gasteiger partial charge in [0.1, 0.15) is 0 Å². The van der Waals surface area contributed by atoms with Gasteiger partial charge in [-0.05, 0) is 38.6 Å². The number of nitrogens with zero attached hydrogens (tertiary/aromatic N) is 3. The van der Waals surface area contributed by atoms with Crippen molar-refractivity contribution >= 4 is 10.0 Å². The van der Waals surface area contributed by atoms with Crippen LogP contribution in [0.5, 0.6) is 0 Å². The summed E-state index contributed by atoms with van der Waals surface area (Å²) in [6.07, 6.45) is 0. The van der Waals surface area contributed by atoms with Gasteiger partial charge in [0.25, 0.3) is 0 Å². The van der Waals surface area contributed by atoms with Crippen molar-refractivity contribution in [3.8, 4) is 11.4 Å². The average molecular weight is 386 g/mol. The van der Waals surface area contributed by atoms with Gasteiger partial charge >= 0.3 is 0 Å². The Hall–Kier alpha value is -2.55. The van der Waals surface area contributed by atoms with Crippen molar-refractivity contribution in [1.82, 2.24) is 15.0 Å². The first kappa shape index (κ1) is 19.2. The molecule has 0 spiro atoms. The van der Waals surface area contributed by atoms with Crippen LogP contribution >= 0.6 is 0 Å². The van der Waals surface area contributed by atoms with Crippen molar-refractivity contribution in [3.63, 3.8) is 0 Å². The third kappa shape index (κ3) is 4.60. The highest BCUT2D eigenvalue weighted by molar-refractivity contribution is 7.89. The standard InChI is InChI=1S/C19H22N4O3S/c1-13-4-6-16(7-5-13)19-21-18(26-22-19)12-23(3)14(2)15-8-10-17(11-9-15)27(20,24)25/h4-11,14H,12H2,1-3H3,(H2,20,24,25). The number of sulfonamides is 1. The molecule has 2 N–H and O–H groups in total. The van der Waals surface area contributed by atoms with E-state index in [1.54, 1.807) is 12.1 Å². The second-order valence-corrected chi connectivity index (χ2v) is 8.14. The summed E-state index contributed by atoms with van der Waals surface area (Å²) < 4.78 is 28.1. The highest BCUT2D eigenvalue weighted by atomic mass is 32.2. The number of nitrogens with two attached hydrogens (primary N) is 1. The molecule has 142 valence electrons. The summed E-state index contributed by atoms with van der Waals surface area (Å²) in [4.78, 5) is 6.60. The fourth-order valence-corrected chi connectivity index (χ4v) is 3.20. The van der Waals surface area contributed by atoms with E-state index in [1.165, 1.54) is 17.7 Å². The smallest absolute Gasteiger partial charge is 0.241 e. The van der Waals surface area contributed by atoms with Gasteiger partial charge in [0.15, 0.2) is 0 Å². The number of benzene rings is 2. The number of hydrogen-bond acceptors (Lipinski definition) is 6. The van der Waals surface area contributed by atoms with Crippen molar-refractivity contribution in [2.75, 3.05) is 7.05 Å². The van der Waals surface area contributed by atoms with Crippen molar-refractivity contribution < 1.29 is 12.9 Å². The molecule has 2 aromatic carbocycles. The third-order valence-electron chi connectivity index (χ3n) is 4.51. The molecular weight excluding hydrogens is 364 g/mol. The van der Waals surface area contributed by atoms with Gasteiger partial charge in [-0.15, -0.1) is 0 Å². The van der Waals surface area contributed by atoms with Gasteiger partial charge in [0.2, 0.25) is 21.7 Å². The fourth-order valence-electron chi connectivity index (χ4n) is 2.68. The molecule has 3 rings (SSSR count). The maximum atomic E-state index is 11.4. The van der Waals surface area contributed by atoms with E-state index >= 15 is 0 Å². The Morgan fingerprint density at radius 1 is 1.11 bits per heavy atom. The molecule has 3 aromatic rings. The zero-order valence-electron chi connectivity index (χ0n) is 15.5. The molecule has 1 atom stereocenters. The molecule has 0 aliphatic carbocycles. The molecule has 27 heavy (non-hydrogen) atoms. The van der Waals surface area contributed by atoms with Crippen LogP contribution in [0.15, 0.2) is 57.9 Å². The summed E-state index contributed by atoms with van der Waals surface area (Å²) in [6.45, 7) is 4.51. The Labute approximate surface area is 158 Å². The van der Waals surface area contributed by atoms with Gasteiger partial charge in [-0.1, -0.05) is 47.1 Å². The van der Waals surface area contributed by atoms with Crippen molar-refractivity contribution in [2.24, 2.45) is 5.14 Å². The molecule has 0 aliphatic heterocycles. The SMILES string of the molecule is Cc1ccc(-c2noc(CN(C)C(C)c3ccc(S(N)(=O)=O)cc3)n2)cc1. The highest BCUT2D eigenvalue weighted by Crippen LogP contribution is 2.23. The van der Waals surface area contributed by atoms with Gasteiger partial charge in [-0.3, -0.25) is 4.90 Å². The molecule has 0 aliphatic rings. The minimum atomic E-state index is -3.69. The Bertz CT molecular complexity index is 1010. The van der Waals surface area contributed by atoms with E-state index in [0.29, 0.717) is 18.3 Å². The predicted molar refractivity (Wildman–Crippen MR) is 102 cm³/mol. The first-order chi connectivity index (χ1) is 12.7. The summed E-state index contributed by atoms with van der Waals surface area (Å²) in [7, 11) is -1.75. The Kier molecular flexibility index (Phi) is 5.41. The summed E-state index contributed by atoms with van der Waals surface area (Å²) >= 11 is 0. The van der Waals surface area contributed by atoms with Gasteiger partial charge in [-0.25, -0.2) is 13.6 Å². The van der Waals surface area contributed by atoms with Crippen molar-refractivity contribution in [1.29, 1.82) is 0 Å². The zero-order valence-corrected chi connectivity index (χ0v) is 16.3. The molecule has 8 heteroatoms. The lowest BCUT2D eigenvalue weighted by Gasteiger charge is -2.23. The number of rotatable bonds is 6. The lowest BCUT2D eigenvalue weighted by Crippen LogP contribution is -2.22. The number of aromatic nitrogens is 2. The van der Waals surface area contributed by atoms with Crippen LogP contribution in [0.4, 0.5) is 0 Å². The van der Waals surface area contributed by atoms with Gasteiger partial charge in [-0.2, -0.15) is 4.98 Å². The molecule has 0 amide bonds. The third-order valence-corrected chi connectivity index (χ3v) is 5.44. The second kappa shape index (κ2) is 7.59. The van der Waals surface area contributed by atoms with E-state index in [-0.39, 0.29) is 10.9 Å². The molecular formula is C19H22N4O3S. The van der Waals surface area contributed by atoms with Crippen LogP contribution in [0.3, 0.4) is 0 Å². The summed E-state index contributed by atoms with van der Waals surface area (Å²) in [6, 6.07) is 14.5. The maximum absolute atomic E-state index is 11.4. The van der Waals surface area contributed by atoms with E-state index in [1.807, 2.05) is 50.1 Å². The summed E-state index contributed by atoms with van der Waals surface area (Å²) in [5, 5.41) is 9.18. The van der Waals surface area contributed by atoms with Crippen LogP contribution in [0.25, 0.3) is 11.4 Å². The van der Waals surface area contributed by atoms with Gasteiger partial charge < -0.3 is 4.52 Å². The van der Waals surface area contributed by atoms with Crippen LogP contribution < -0.4 is 5.14 Å². The summed E-state index contributed by atoms with van der Waals surface area (Å²) in [5.41, 5.74) is 3.04. The van der Waals surface area contributed by atoms with Crippen LogP contribution in [0.2, 0.25) is 0 Å². The normalized spacial score (nSPS) is 13.1. The van der Waals surface area contributed by atoms with E-state index in [2.05, 4.69) is 10.1 Å². The molecule has 7 nitrogen and oxygen atoms in total. The number of hydrogen-bond donors (Lipinski definition) is 1. The molecule has 0 radical (unpaired) electrons. The monoisotopic (exact) mass is 386 g/mol. The zero-order chi connectivity index (χ0) is 19.6.